The molecule has 0 radical (unpaired) electrons. The van der Waals surface area contributed by atoms with Gasteiger partial charge in [-0.25, -0.2) is 4.39 Å². The van der Waals surface area contributed by atoms with Crippen LogP contribution >= 0.6 is 11.5 Å². The van der Waals surface area contributed by atoms with E-state index in [0.29, 0.717) is 16.1 Å². The van der Waals surface area contributed by atoms with E-state index in [0.717, 1.165) is 17.1 Å². The molecule has 6 heteroatoms. The van der Waals surface area contributed by atoms with E-state index in [1.807, 2.05) is 30.3 Å². The van der Waals surface area contributed by atoms with Crippen LogP contribution in [0.4, 0.5) is 4.39 Å². The maximum atomic E-state index is 13.6. The number of hydrogen-bond donors (Lipinski definition) is 1. The number of nitrogens with one attached hydrogen (secondary N) is 1. The molecule has 0 fully saturated rings. The van der Waals surface area contributed by atoms with Crippen molar-refractivity contribution in [3.05, 3.63) is 70.9 Å². The van der Waals surface area contributed by atoms with Crippen LogP contribution in [-0.2, 0) is 6.54 Å². The average molecular weight is 313 g/mol. The molecule has 0 unspecified atom stereocenters. The number of benzene rings is 2. The molecule has 0 aliphatic carbocycles. The lowest BCUT2D eigenvalue weighted by Gasteiger charge is -2.05. The largest absolute Gasteiger partial charge is 0.347 e. The van der Waals surface area contributed by atoms with Gasteiger partial charge in [0.15, 0.2) is 0 Å². The molecular formula is C16H12FN3OS. The lowest BCUT2D eigenvalue weighted by atomic mass is 10.1. The Kier molecular flexibility index (Phi) is 4.20. The van der Waals surface area contributed by atoms with Crippen molar-refractivity contribution < 1.29 is 9.18 Å². The van der Waals surface area contributed by atoms with Gasteiger partial charge < -0.3 is 5.32 Å². The predicted molar refractivity (Wildman–Crippen MR) is 82.9 cm³/mol. The summed E-state index contributed by atoms with van der Waals surface area (Å²) in [5.74, 6) is -0.648. The van der Waals surface area contributed by atoms with Gasteiger partial charge in [0.25, 0.3) is 5.91 Å². The van der Waals surface area contributed by atoms with Crippen LogP contribution in [0.25, 0.3) is 11.3 Å². The Balaban J connectivity index is 1.77. The molecular weight excluding hydrogens is 301 g/mol. The Labute approximate surface area is 130 Å². The van der Waals surface area contributed by atoms with Crippen LogP contribution < -0.4 is 5.32 Å². The third-order valence-electron chi connectivity index (χ3n) is 3.14. The lowest BCUT2D eigenvalue weighted by Crippen LogP contribution is -2.23. The van der Waals surface area contributed by atoms with Gasteiger partial charge in [0.1, 0.15) is 16.4 Å². The van der Waals surface area contributed by atoms with Gasteiger partial charge in [-0.1, -0.05) is 53.0 Å². The van der Waals surface area contributed by atoms with E-state index >= 15 is 0 Å². The van der Waals surface area contributed by atoms with Crippen LogP contribution in [0, 0.1) is 5.82 Å². The minimum absolute atomic E-state index is 0.123. The number of carbonyl (C=O) groups is 1. The van der Waals surface area contributed by atoms with E-state index in [-0.39, 0.29) is 18.3 Å². The van der Waals surface area contributed by atoms with Crippen molar-refractivity contribution in [3.63, 3.8) is 0 Å². The van der Waals surface area contributed by atoms with Gasteiger partial charge >= 0.3 is 0 Å². The minimum atomic E-state index is -0.339. The van der Waals surface area contributed by atoms with E-state index in [2.05, 4.69) is 14.9 Å². The number of rotatable bonds is 4. The summed E-state index contributed by atoms with van der Waals surface area (Å²) in [7, 11) is 0. The van der Waals surface area contributed by atoms with Crippen molar-refractivity contribution in [2.45, 2.75) is 6.54 Å². The fourth-order valence-corrected chi connectivity index (χ4v) is 2.63. The number of nitrogens with zero attached hydrogens (tertiary/aromatic N) is 2. The number of carbonyl (C=O) groups excluding carboxylic acids is 1. The standard InChI is InChI=1S/C16H12FN3OS/c17-13-9-5-4-8-12(13)10-18-16(21)15-14(19-20-22-15)11-6-2-1-3-7-11/h1-9H,10H2,(H,18,21). The summed E-state index contributed by atoms with van der Waals surface area (Å²) in [5, 5.41) is 6.72. The zero-order valence-electron chi connectivity index (χ0n) is 11.5. The second-order valence-electron chi connectivity index (χ2n) is 4.59. The molecule has 1 heterocycles. The van der Waals surface area contributed by atoms with Crippen molar-refractivity contribution in [1.29, 1.82) is 0 Å². The molecule has 3 rings (SSSR count). The zero-order valence-corrected chi connectivity index (χ0v) is 12.3. The lowest BCUT2D eigenvalue weighted by molar-refractivity contribution is 0.0955. The first kappa shape index (κ1) is 14.3. The third-order valence-corrected chi connectivity index (χ3v) is 3.86. The molecule has 0 aliphatic heterocycles. The third kappa shape index (κ3) is 3.01. The number of amides is 1. The second-order valence-corrected chi connectivity index (χ2v) is 5.34. The minimum Gasteiger partial charge on any atom is -0.347 e. The molecule has 1 N–H and O–H groups in total. The molecule has 0 aliphatic rings. The highest BCUT2D eigenvalue weighted by Gasteiger charge is 2.17. The molecule has 0 saturated heterocycles. The highest BCUT2D eigenvalue weighted by atomic mass is 32.1. The maximum absolute atomic E-state index is 13.6. The first-order valence-corrected chi connectivity index (χ1v) is 7.42. The van der Waals surface area contributed by atoms with E-state index < -0.39 is 0 Å². The Morgan fingerprint density at radius 2 is 1.82 bits per heavy atom. The number of hydrogen-bond acceptors (Lipinski definition) is 4. The van der Waals surface area contributed by atoms with Gasteiger partial charge in [-0.2, -0.15) is 0 Å². The quantitative estimate of drug-likeness (QED) is 0.804. The highest BCUT2D eigenvalue weighted by Crippen LogP contribution is 2.23. The van der Waals surface area contributed by atoms with E-state index in [9.17, 15) is 9.18 Å². The van der Waals surface area contributed by atoms with Crippen molar-refractivity contribution in [3.8, 4) is 11.3 Å². The molecule has 2 aromatic carbocycles. The molecule has 4 nitrogen and oxygen atoms in total. The van der Waals surface area contributed by atoms with Crippen LogP contribution in [0.5, 0.6) is 0 Å². The number of halogens is 1. The first-order valence-electron chi connectivity index (χ1n) is 6.65. The van der Waals surface area contributed by atoms with E-state index in [4.69, 9.17) is 0 Å². The van der Waals surface area contributed by atoms with Crippen molar-refractivity contribution in [1.82, 2.24) is 14.9 Å². The molecule has 110 valence electrons. The van der Waals surface area contributed by atoms with E-state index in [1.165, 1.54) is 6.07 Å². The molecule has 3 aromatic rings. The molecule has 1 aromatic heterocycles. The Morgan fingerprint density at radius 3 is 2.59 bits per heavy atom. The normalized spacial score (nSPS) is 10.4. The Hall–Kier alpha value is -2.60. The summed E-state index contributed by atoms with van der Waals surface area (Å²) >= 11 is 1.02. The maximum Gasteiger partial charge on any atom is 0.265 e. The van der Waals surface area contributed by atoms with Gasteiger partial charge in [-0.3, -0.25) is 4.79 Å². The monoisotopic (exact) mass is 313 g/mol. The second kappa shape index (κ2) is 6.44. The fourth-order valence-electron chi connectivity index (χ4n) is 2.02. The van der Waals surface area contributed by atoms with E-state index in [1.54, 1.807) is 18.2 Å². The van der Waals surface area contributed by atoms with Crippen LogP contribution in [0.3, 0.4) is 0 Å². The average Bonchev–Trinajstić information content (AvgIpc) is 3.04. The number of aromatic nitrogens is 2. The van der Waals surface area contributed by atoms with Crippen LogP contribution in [-0.4, -0.2) is 15.5 Å². The Bertz CT molecular complexity index is 789. The molecule has 0 spiro atoms. The summed E-state index contributed by atoms with van der Waals surface area (Å²) in [6, 6.07) is 15.7. The molecule has 1 amide bonds. The summed E-state index contributed by atoms with van der Waals surface area (Å²) in [5.41, 5.74) is 1.80. The zero-order chi connectivity index (χ0) is 15.4. The first-order chi connectivity index (χ1) is 10.8. The van der Waals surface area contributed by atoms with Crippen molar-refractivity contribution in [2.75, 3.05) is 0 Å². The summed E-state index contributed by atoms with van der Waals surface area (Å²) in [6.07, 6.45) is 0. The van der Waals surface area contributed by atoms with Crippen molar-refractivity contribution in [2.24, 2.45) is 0 Å². The van der Waals surface area contributed by atoms with Crippen molar-refractivity contribution >= 4 is 17.4 Å². The van der Waals surface area contributed by atoms with Crippen LogP contribution in [0.2, 0.25) is 0 Å². The molecule has 22 heavy (non-hydrogen) atoms. The fraction of sp³-hybridized carbons (Fsp3) is 0.0625. The van der Waals surface area contributed by atoms with Gasteiger partial charge in [-0.15, -0.1) is 5.10 Å². The molecule has 0 atom stereocenters. The van der Waals surface area contributed by atoms with Crippen LogP contribution in [0.1, 0.15) is 15.2 Å². The highest BCUT2D eigenvalue weighted by molar-refractivity contribution is 7.08. The topological polar surface area (TPSA) is 54.9 Å². The van der Waals surface area contributed by atoms with Gasteiger partial charge in [0.2, 0.25) is 0 Å². The van der Waals surface area contributed by atoms with Gasteiger partial charge in [0, 0.05) is 17.7 Å². The SMILES string of the molecule is O=C(NCc1ccccc1F)c1snnc1-c1ccccc1. The summed E-state index contributed by atoms with van der Waals surface area (Å²) in [6.45, 7) is 0.123. The summed E-state index contributed by atoms with van der Waals surface area (Å²) in [4.78, 5) is 12.7. The molecule has 0 bridgehead atoms. The predicted octanol–water partition coefficient (Wildman–Crippen LogP) is 3.27. The van der Waals surface area contributed by atoms with Crippen LogP contribution in [0.15, 0.2) is 54.6 Å². The smallest absolute Gasteiger partial charge is 0.265 e. The summed E-state index contributed by atoms with van der Waals surface area (Å²) < 4.78 is 17.4. The Morgan fingerprint density at radius 1 is 1.09 bits per heavy atom. The van der Waals surface area contributed by atoms with Gasteiger partial charge in [0.05, 0.1) is 0 Å². The molecule has 0 saturated carbocycles. The van der Waals surface area contributed by atoms with Gasteiger partial charge in [-0.05, 0) is 17.6 Å².